The molecule has 0 radical (unpaired) electrons. The summed E-state index contributed by atoms with van der Waals surface area (Å²) in [5.74, 6) is 0.0510. The summed E-state index contributed by atoms with van der Waals surface area (Å²) in [5, 5.41) is 5.87. The van der Waals surface area contributed by atoms with Crippen LogP contribution in [0.2, 0.25) is 0 Å². The van der Waals surface area contributed by atoms with E-state index in [-0.39, 0.29) is 24.7 Å². The number of aryl methyl sites for hydroxylation is 1. The second kappa shape index (κ2) is 10.4. The predicted octanol–water partition coefficient (Wildman–Crippen LogP) is 1.85. The van der Waals surface area contributed by atoms with Crippen molar-refractivity contribution in [3.8, 4) is 11.5 Å². The van der Waals surface area contributed by atoms with Gasteiger partial charge in [0, 0.05) is 38.9 Å². The Bertz CT molecular complexity index is 1250. The summed E-state index contributed by atoms with van der Waals surface area (Å²) in [6.07, 6.45) is 1.80. The molecule has 2 aromatic carbocycles. The average molecular weight is 466 g/mol. The Morgan fingerprint density at radius 3 is 2.59 bits per heavy atom. The molecule has 0 spiro atoms. The van der Waals surface area contributed by atoms with E-state index in [2.05, 4.69) is 10.6 Å². The molecule has 2 N–H and O–H groups in total. The summed E-state index contributed by atoms with van der Waals surface area (Å²) in [6.45, 7) is 3.18. The van der Waals surface area contributed by atoms with Crippen molar-refractivity contribution in [1.29, 1.82) is 0 Å². The molecule has 9 nitrogen and oxygen atoms in total. The topological polar surface area (TPSA) is 108 Å². The van der Waals surface area contributed by atoms with Gasteiger partial charge in [-0.25, -0.2) is 0 Å². The first-order chi connectivity index (χ1) is 16.5. The maximum Gasteiger partial charge on any atom is 0.257 e. The minimum absolute atomic E-state index is 0.0454. The molecule has 4 rings (SSSR count). The van der Waals surface area contributed by atoms with Crippen molar-refractivity contribution >= 4 is 22.7 Å². The van der Waals surface area contributed by atoms with Crippen molar-refractivity contribution in [3.63, 3.8) is 0 Å². The van der Waals surface area contributed by atoms with Gasteiger partial charge in [-0.15, -0.1) is 0 Å². The first-order valence-corrected chi connectivity index (χ1v) is 11.1. The number of ether oxygens (including phenoxy) is 3. The number of benzene rings is 2. The number of rotatable bonds is 9. The highest BCUT2D eigenvalue weighted by molar-refractivity contribution is 6.00. The first kappa shape index (κ1) is 23.3. The molecule has 0 aliphatic carbocycles. The summed E-state index contributed by atoms with van der Waals surface area (Å²) in [4.78, 5) is 39.4. The molecule has 178 valence electrons. The van der Waals surface area contributed by atoms with Gasteiger partial charge < -0.3 is 29.4 Å². The Balaban J connectivity index is 1.65. The lowest BCUT2D eigenvalue weighted by atomic mass is 10.0. The number of aromatic nitrogens is 1. The molecule has 1 aromatic heterocycles. The van der Waals surface area contributed by atoms with Gasteiger partial charge in [0.05, 0.1) is 17.5 Å². The van der Waals surface area contributed by atoms with Gasteiger partial charge in [0.15, 0.2) is 11.5 Å². The van der Waals surface area contributed by atoms with Crippen molar-refractivity contribution in [1.82, 2.24) is 15.2 Å². The SMILES string of the molecule is CCn1cc(C(=O)N[C@H](Cc2ccccc2)C(=O)NCCOC)c(=O)c2cc3c(cc21)OCO3. The standard InChI is InChI=1S/C25H27N3O6/c1-3-28-14-18(23(29)17-12-21-22(13-20(17)28)34-15-33-21)24(30)27-19(25(31)26-9-10-32-2)11-16-7-5-4-6-8-16/h4-8,12-14,19H,3,9-11,15H2,1-2H3,(H,26,31)(H,27,30)/t19-/m1/s1. The fourth-order valence-corrected chi connectivity index (χ4v) is 3.90. The van der Waals surface area contributed by atoms with Gasteiger partial charge in [-0.1, -0.05) is 30.3 Å². The summed E-state index contributed by atoms with van der Waals surface area (Å²) in [5.41, 5.74) is 1.04. The summed E-state index contributed by atoms with van der Waals surface area (Å²) in [6, 6.07) is 11.8. The molecule has 1 aliphatic heterocycles. The van der Waals surface area contributed by atoms with Crippen LogP contribution in [0.1, 0.15) is 22.8 Å². The Morgan fingerprint density at radius 2 is 1.88 bits per heavy atom. The number of pyridine rings is 1. The van der Waals surface area contributed by atoms with E-state index >= 15 is 0 Å². The van der Waals surface area contributed by atoms with Gasteiger partial charge in [-0.05, 0) is 18.6 Å². The number of methoxy groups -OCH3 is 1. The highest BCUT2D eigenvalue weighted by Crippen LogP contribution is 2.35. The largest absolute Gasteiger partial charge is 0.454 e. The zero-order valence-electron chi connectivity index (χ0n) is 19.1. The van der Waals surface area contributed by atoms with E-state index in [0.717, 1.165) is 5.56 Å². The van der Waals surface area contributed by atoms with Gasteiger partial charge in [-0.3, -0.25) is 14.4 Å². The van der Waals surface area contributed by atoms with Crippen LogP contribution in [-0.2, 0) is 22.5 Å². The highest BCUT2D eigenvalue weighted by Gasteiger charge is 2.25. The van der Waals surface area contributed by atoms with Crippen molar-refractivity contribution < 1.29 is 23.8 Å². The molecular weight excluding hydrogens is 438 g/mol. The predicted molar refractivity (Wildman–Crippen MR) is 126 cm³/mol. The smallest absolute Gasteiger partial charge is 0.257 e. The number of nitrogens with zero attached hydrogens (tertiary/aromatic N) is 1. The number of fused-ring (bicyclic) bond motifs is 2. The van der Waals surface area contributed by atoms with Gasteiger partial charge >= 0.3 is 0 Å². The monoisotopic (exact) mass is 465 g/mol. The number of carbonyl (C=O) groups is 2. The Morgan fingerprint density at radius 1 is 1.15 bits per heavy atom. The molecular formula is C25H27N3O6. The van der Waals surface area contributed by atoms with Crippen LogP contribution in [-0.4, -0.2) is 49.5 Å². The lowest BCUT2D eigenvalue weighted by Crippen LogP contribution is -2.49. The fraction of sp³-hybridized carbons (Fsp3) is 0.320. The van der Waals surface area contributed by atoms with E-state index in [4.69, 9.17) is 14.2 Å². The van der Waals surface area contributed by atoms with E-state index in [1.165, 1.54) is 6.20 Å². The van der Waals surface area contributed by atoms with Crippen LogP contribution in [0, 0.1) is 0 Å². The average Bonchev–Trinajstić information content (AvgIpc) is 3.31. The van der Waals surface area contributed by atoms with E-state index in [0.29, 0.717) is 42.1 Å². The van der Waals surface area contributed by atoms with Crippen LogP contribution in [0.15, 0.2) is 53.5 Å². The maximum atomic E-state index is 13.3. The molecule has 34 heavy (non-hydrogen) atoms. The normalized spacial score (nSPS) is 13.0. The van der Waals surface area contributed by atoms with Crippen LogP contribution in [0.3, 0.4) is 0 Å². The number of carbonyl (C=O) groups excluding carboxylic acids is 2. The zero-order chi connectivity index (χ0) is 24.1. The first-order valence-electron chi connectivity index (χ1n) is 11.1. The molecule has 0 saturated carbocycles. The number of nitrogens with one attached hydrogen (secondary N) is 2. The van der Waals surface area contributed by atoms with Crippen LogP contribution in [0.5, 0.6) is 11.5 Å². The molecule has 0 bridgehead atoms. The van der Waals surface area contributed by atoms with E-state index < -0.39 is 17.4 Å². The zero-order valence-corrected chi connectivity index (χ0v) is 19.1. The summed E-state index contributed by atoms with van der Waals surface area (Å²) < 4.78 is 17.6. The molecule has 1 aliphatic rings. The Labute approximate surface area is 196 Å². The fourth-order valence-electron chi connectivity index (χ4n) is 3.90. The molecule has 1 atom stereocenters. The third kappa shape index (κ3) is 4.89. The van der Waals surface area contributed by atoms with Crippen molar-refractivity contribution in [2.75, 3.05) is 27.1 Å². The Kier molecular flexibility index (Phi) is 7.12. The van der Waals surface area contributed by atoms with Crippen LogP contribution in [0.4, 0.5) is 0 Å². The minimum atomic E-state index is -0.867. The lowest BCUT2D eigenvalue weighted by molar-refractivity contribution is -0.123. The van der Waals surface area contributed by atoms with Crippen LogP contribution < -0.4 is 25.5 Å². The quantitative estimate of drug-likeness (QED) is 0.467. The molecule has 0 fully saturated rings. The summed E-state index contributed by atoms with van der Waals surface area (Å²) >= 11 is 0. The molecule has 3 aromatic rings. The summed E-state index contributed by atoms with van der Waals surface area (Å²) in [7, 11) is 1.54. The van der Waals surface area contributed by atoms with E-state index in [1.54, 1.807) is 23.8 Å². The van der Waals surface area contributed by atoms with Gasteiger partial charge in [0.1, 0.15) is 11.6 Å². The second-order valence-electron chi connectivity index (χ2n) is 7.88. The third-order valence-electron chi connectivity index (χ3n) is 5.67. The van der Waals surface area contributed by atoms with E-state index in [9.17, 15) is 14.4 Å². The van der Waals surface area contributed by atoms with Crippen LogP contribution >= 0.6 is 0 Å². The van der Waals surface area contributed by atoms with E-state index in [1.807, 2.05) is 37.3 Å². The number of hydrogen-bond acceptors (Lipinski definition) is 6. The third-order valence-corrected chi connectivity index (χ3v) is 5.67. The van der Waals surface area contributed by atoms with Gasteiger partial charge in [0.2, 0.25) is 18.1 Å². The van der Waals surface area contributed by atoms with Crippen molar-refractivity contribution in [2.45, 2.75) is 25.9 Å². The number of amides is 2. The second-order valence-corrected chi connectivity index (χ2v) is 7.88. The van der Waals surface area contributed by atoms with Crippen molar-refractivity contribution in [2.24, 2.45) is 0 Å². The molecule has 0 saturated heterocycles. The van der Waals surface area contributed by atoms with Crippen LogP contribution in [0.25, 0.3) is 10.9 Å². The van der Waals surface area contributed by atoms with Crippen molar-refractivity contribution in [3.05, 3.63) is 70.0 Å². The Hall–Kier alpha value is -3.85. The molecule has 9 heteroatoms. The minimum Gasteiger partial charge on any atom is -0.454 e. The highest BCUT2D eigenvalue weighted by atomic mass is 16.7. The number of hydrogen-bond donors (Lipinski definition) is 2. The molecule has 0 unspecified atom stereocenters. The molecule has 2 heterocycles. The molecule has 2 amide bonds. The van der Waals surface area contributed by atoms with Gasteiger partial charge in [-0.2, -0.15) is 0 Å². The maximum absolute atomic E-state index is 13.3. The van der Waals surface area contributed by atoms with Gasteiger partial charge in [0.25, 0.3) is 5.91 Å². The lowest BCUT2D eigenvalue weighted by Gasteiger charge is -2.19.